The number of carboxylic acid groups (broad SMARTS) is 1. The Morgan fingerprint density at radius 1 is 1.00 bits per heavy atom. The molecule has 0 fully saturated rings. The van der Waals surface area contributed by atoms with E-state index < -0.39 is 30.8 Å². The summed E-state index contributed by atoms with van der Waals surface area (Å²) in [5.41, 5.74) is 1.93. The van der Waals surface area contributed by atoms with E-state index in [9.17, 15) is 31.1 Å². The molecular formula is C24H19F6N3O4. The zero-order valence-electron chi connectivity index (χ0n) is 18.9. The van der Waals surface area contributed by atoms with Crippen molar-refractivity contribution in [2.45, 2.75) is 31.9 Å². The number of benzene rings is 2. The number of carboxylic acids is 1. The fraction of sp³-hybridized carbons (Fsp3) is 0.250. The summed E-state index contributed by atoms with van der Waals surface area (Å²) in [6.07, 6.45) is -7.92. The number of aromatic nitrogens is 3. The first-order chi connectivity index (χ1) is 17.4. The normalized spacial score (nSPS) is 12.2. The number of rotatable bonds is 9. The number of nitrogens with zero attached hydrogens (tertiary/aromatic N) is 2. The molecule has 0 aliphatic rings. The van der Waals surface area contributed by atoms with E-state index in [0.29, 0.717) is 27.8 Å². The van der Waals surface area contributed by atoms with Crippen molar-refractivity contribution in [3.05, 3.63) is 66.0 Å². The second-order valence-electron chi connectivity index (χ2n) is 8.06. The summed E-state index contributed by atoms with van der Waals surface area (Å²) in [6, 6.07) is 11.0. The van der Waals surface area contributed by atoms with Gasteiger partial charge in [-0.15, -0.1) is 13.2 Å². The molecule has 7 nitrogen and oxygen atoms in total. The molecule has 0 saturated carbocycles. The third-order valence-corrected chi connectivity index (χ3v) is 5.28. The van der Waals surface area contributed by atoms with Crippen LogP contribution in [0.1, 0.15) is 11.3 Å². The number of ether oxygens (including phenoxy) is 2. The molecule has 2 aromatic carbocycles. The summed E-state index contributed by atoms with van der Waals surface area (Å²) in [5.74, 6) is -1.01. The average molecular weight is 527 g/mol. The van der Waals surface area contributed by atoms with E-state index in [0.717, 1.165) is 16.8 Å². The van der Waals surface area contributed by atoms with Crippen LogP contribution in [-0.2, 0) is 24.2 Å². The minimum Gasteiger partial charge on any atom is -0.493 e. The SMILES string of the molecule is O=C(O)Cc1c[nH]c2cc(OCCc3cc(-c4ccc(OC(F)(F)F)cc4)nn3CC(F)(F)F)ccc12. The van der Waals surface area contributed by atoms with Gasteiger partial charge in [0.1, 0.15) is 18.0 Å². The van der Waals surface area contributed by atoms with Gasteiger partial charge in [-0.25, -0.2) is 0 Å². The first-order valence-corrected chi connectivity index (χ1v) is 10.8. The molecule has 0 atom stereocenters. The zero-order chi connectivity index (χ0) is 26.8. The third-order valence-electron chi connectivity index (χ3n) is 5.28. The van der Waals surface area contributed by atoms with Crippen molar-refractivity contribution in [2.24, 2.45) is 0 Å². The highest BCUT2D eigenvalue weighted by Gasteiger charge is 2.31. The molecule has 2 N–H and O–H groups in total. The molecule has 4 aromatic rings. The predicted octanol–water partition coefficient (Wildman–Crippen LogP) is 5.74. The van der Waals surface area contributed by atoms with Crippen LogP contribution in [0.15, 0.2) is 54.7 Å². The van der Waals surface area contributed by atoms with Crippen molar-refractivity contribution in [1.82, 2.24) is 14.8 Å². The van der Waals surface area contributed by atoms with Crippen LogP contribution in [0, 0.1) is 0 Å². The van der Waals surface area contributed by atoms with Crippen molar-refractivity contribution in [1.29, 1.82) is 0 Å². The lowest BCUT2D eigenvalue weighted by Gasteiger charge is -2.11. The third kappa shape index (κ3) is 6.96. The van der Waals surface area contributed by atoms with Gasteiger partial charge in [-0.3, -0.25) is 9.48 Å². The van der Waals surface area contributed by atoms with Crippen molar-refractivity contribution in [3.8, 4) is 22.8 Å². The van der Waals surface area contributed by atoms with Gasteiger partial charge in [-0.2, -0.15) is 18.3 Å². The second kappa shape index (κ2) is 10.1. The number of fused-ring (bicyclic) bond motifs is 1. The first-order valence-electron chi connectivity index (χ1n) is 10.8. The Bertz CT molecular complexity index is 1390. The summed E-state index contributed by atoms with van der Waals surface area (Å²) in [7, 11) is 0. The van der Waals surface area contributed by atoms with Gasteiger partial charge in [-0.05, 0) is 48.0 Å². The van der Waals surface area contributed by atoms with Crippen LogP contribution < -0.4 is 9.47 Å². The molecule has 4 rings (SSSR count). The maximum absolute atomic E-state index is 13.1. The molecule has 37 heavy (non-hydrogen) atoms. The number of H-pyrrole nitrogens is 1. The van der Waals surface area contributed by atoms with E-state index >= 15 is 0 Å². The minimum absolute atomic E-state index is 0.00947. The van der Waals surface area contributed by atoms with Crippen molar-refractivity contribution in [3.63, 3.8) is 0 Å². The summed E-state index contributed by atoms with van der Waals surface area (Å²) in [5, 5.41) is 13.7. The molecule has 0 bridgehead atoms. The summed E-state index contributed by atoms with van der Waals surface area (Å²) >= 11 is 0. The molecule has 2 aromatic heterocycles. The van der Waals surface area contributed by atoms with Crippen LogP contribution >= 0.6 is 0 Å². The Morgan fingerprint density at radius 2 is 1.70 bits per heavy atom. The molecule has 0 radical (unpaired) electrons. The number of nitrogens with one attached hydrogen (secondary N) is 1. The number of alkyl halides is 6. The second-order valence-corrected chi connectivity index (χ2v) is 8.06. The number of hydrogen-bond acceptors (Lipinski definition) is 4. The van der Waals surface area contributed by atoms with Crippen molar-refractivity contribution >= 4 is 16.9 Å². The molecule has 13 heteroatoms. The van der Waals surface area contributed by atoms with Crippen LogP contribution in [0.5, 0.6) is 11.5 Å². The van der Waals surface area contributed by atoms with Gasteiger partial charge >= 0.3 is 18.5 Å². The van der Waals surface area contributed by atoms with Crippen LogP contribution in [0.4, 0.5) is 26.3 Å². The molecule has 2 heterocycles. The molecule has 0 amide bonds. The van der Waals surface area contributed by atoms with Crippen LogP contribution in [-0.4, -0.2) is 45.0 Å². The highest BCUT2D eigenvalue weighted by molar-refractivity contribution is 5.87. The lowest BCUT2D eigenvalue weighted by atomic mass is 10.1. The molecule has 0 aliphatic heterocycles. The van der Waals surface area contributed by atoms with Crippen molar-refractivity contribution in [2.75, 3.05) is 6.61 Å². The Labute approximate surface area is 205 Å². The molecule has 196 valence electrons. The van der Waals surface area contributed by atoms with E-state index in [1.54, 1.807) is 24.4 Å². The van der Waals surface area contributed by atoms with E-state index in [4.69, 9.17) is 9.84 Å². The number of carbonyl (C=O) groups is 1. The van der Waals surface area contributed by atoms with E-state index in [1.807, 2.05) is 0 Å². The minimum atomic E-state index is -4.87. The number of aliphatic carboxylic acids is 1. The number of hydrogen-bond donors (Lipinski definition) is 2. The maximum Gasteiger partial charge on any atom is 0.573 e. The van der Waals surface area contributed by atoms with E-state index in [-0.39, 0.29) is 30.8 Å². The quantitative estimate of drug-likeness (QED) is 0.271. The summed E-state index contributed by atoms with van der Waals surface area (Å²) in [6.45, 7) is -1.34. The fourth-order valence-electron chi connectivity index (χ4n) is 3.77. The van der Waals surface area contributed by atoms with Crippen LogP contribution in [0.3, 0.4) is 0 Å². The molecule has 0 spiro atoms. The number of aromatic amines is 1. The van der Waals surface area contributed by atoms with Gasteiger partial charge in [0.15, 0.2) is 0 Å². The smallest absolute Gasteiger partial charge is 0.493 e. The average Bonchev–Trinajstić information content (AvgIpc) is 3.35. The molecule has 0 unspecified atom stereocenters. The standard InChI is InChI=1S/C24H19F6N3O4/c25-23(26,27)13-33-16(10-20(32-33)14-1-3-17(4-2-14)37-24(28,29)30)7-8-36-18-5-6-19-15(9-22(34)35)12-31-21(19)11-18/h1-6,10-12,31H,7-9,13H2,(H,34,35). The van der Waals surface area contributed by atoms with E-state index in [1.165, 1.54) is 18.2 Å². The largest absolute Gasteiger partial charge is 0.573 e. The number of halogens is 6. The van der Waals surface area contributed by atoms with Gasteiger partial charge < -0.3 is 19.6 Å². The van der Waals surface area contributed by atoms with Gasteiger partial charge in [0.25, 0.3) is 0 Å². The summed E-state index contributed by atoms with van der Waals surface area (Å²) < 4.78 is 86.7. The first kappa shape index (κ1) is 25.9. The summed E-state index contributed by atoms with van der Waals surface area (Å²) in [4.78, 5) is 13.9. The fourth-order valence-corrected chi connectivity index (χ4v) is 3.77. The van der Waals surface area contributed by atoms with Crippen LogP contribution in [0.2, 0.25) is 0 Å². The lowest BCUT2D eigenvalue weighted by molar-refractivity contribution is -0.274. The van der Waals surface area contributed by atoms with E-state index in [2.05, 4.69) is 14.8 Å². The lowest BCUT2D eigenvalue weighted by Crippen LogP contribution is -2.21. The predicted molar refractivity (Wildman–Crippen MR) is 119 cm³/mol. The molecule has 0 aliphatic carbocycles. The van der Waals surface area contributed by atoms with Gasteiger partial charge in [0.05, 0.1) is 18.7 Å². The Morgan fingerprint density at radius 3 is 2.35 bits per heavy atom. The highest BCUT2D eigenvalue weighted by atomic mass is 19.4. The van der Waals surface area contributed by atoms with Gasteiger partial charge in [-0.1, -0.05) is 0 Å². The molecule has 0 saturated heterocycles. The zero-order valence-corrected chi connectivity index (χ0v) is 18.9. The van der Waals surface area contributed by atoms with Gasteiger partial charge in [0.2, 0.25) is 0 Å². The Kier molecular flexibility index (Phi) is 7.05. The molecular weight excluding hydrogens is 508 g/mol. The Hall–Kier alpha value is -4.16. The monoisotopic (exact) mass is 527 g/mol. The Balaban J connectivity index is 1.48. The van der Waals surface area contributed by atoms with Crippen molar-refractivity contribution < 1.29 is 45.7 Å². The topological polar surface area (TPSA) is 89.4 Å². The van der Waals surface area contributed by atoms with Crippen LogP contribution in [0.25, 0.3) is 22.2 Å². The highest BCUT2D eigenvalue weighted by Crippen LogP contribution is 2.28. The maximum atomic E-state index is 13.1. The van der Waals surface area contributed by atoms with Gasteiger partial charge in [0, 0.05) is 40.8 Å².